The molecule has 3 aromatic heterocycles. The van der Waals surface area contributed by atoms with Crippen molar-refractivity contribution in [1.29, 1.82) is 0 Å². The van der Waals surface area contributed by atoms with Crippen molar-refractivity contribution in [2.75, 3.05) is 44.0 Å². The van der Waals surface area contributed by atoms with E-state index in [-0.39, 0.29) is 12.0 Å². The molecular formula is C26H30N6O3S. The SMILES string of the molecule is C[C@@H]1COCCN1c1nc(-c2cccc3[nH]ccc23)nc2ccc(C3CCN(S(C)(=O)=O)CC3)nc12. The Labute approximate surface area is 210 Å². The number of ether oxygens (including phenoxy) is 1. The maximum absolute atomic E-state index is 11.9. The zero-order valence-corrected chi connectivity index (χ0v) is 21.3. The minimum atomic E-state index is -3.16. The predicted octanol–water partition coefficient (Wildman–Crippen LogP) is 3.54. The van der Waals surface area contributed by atoms with Crippen molar-refractivity contribution in [2.24, 2.45) is 0 Å². The number of fused-ring (bicyclic) bond motifs is 2. The van der Waals surface area contributed by atoms with E-state index in [0.717, 1.165) is 58.4 Å². The van der Waals surface area contributed by atoms with Gasteiger partial charge in [-0.2, -0.15) is 0 Å². The van der Waals surface area contributed by atoms with E-state index >= 15 is 0 Å². The summed E-state index contributed by atoms with van der Waals surface area (Å²) in [6.07, 6.45) is 4.72. The zero-order chi connectivity index (χ0) is 24.9. The maximum atomic E-state index is 11.9. The highest BCUT2D eigenvalue weighted by atomic mass is 32.2. The summed E-state index contributed by atoms with van der Waals surface area (Å²) in [6.45, 7) is 5.20. The fourth-order valence-corrected chi connectivity index (χ4v) is 6.24. The summed E-state index contributed by atoms with van der Waals surface area (Å²) in [5.74, 6) is 1.71. The van der Waals surface area contributed by atoms with E-state index in [0.29, 0.717) is 32.1 Å². The minimum absolute atomic E-state index is 0.163. The molecule has 2 aliphatic rings. The number of morpholine rings is 1. The molecule has 2 saturated heterocycles. The molecule has 0 bridgehead atoms. The summed E-state index contributed by atoms with van der Waals surface area (Å²) < 4.78 is 31.1. The van der Waals surface area contributed by atoms with E-state index in [4.69, 9.17) is 19.7 Å². The van der Waals surface area contributed by atoms with Gasteiger partial charge >= 0.3 is 0 Å². The zero-order valence-electron chi connectivity index (χ0n) is 20.5. The summed E-state index contributed by atoms with van der Waals surface area (Å²) in [6, 6.07) is 12.4. The lowest BCUT2D eigenvalue weighted by Gasteiger charge is -2.35. The van der Waals surface area contributed by atoms with Gasteiger partial charge in [0, 0.05) is 53.9 Å². The third-order valence-corrected chi connectivity index (χ3v) is 8.67. The van der Waals surface area contributed by atoms with Gasteiger partial charge in [-0.15, -0.1) is 0 Å². The van der Waals surface area contributed by atoms with Crippen LogP contribution in [0.1, 0.15) is 31.4 Å². The van der Waals surface area contributed by atoms with Gasteiger partial charge in [0.15, 0.2) is 11.6 Å². The van der Waals surface area contributed by atoms with Crippen LogP contribution in [0, 0.1) is 0 Å². The molecule has 9 nitrogen and oxygen atoms in total. The molecule has 10 heteroatoms. The first-order chi connectivity index (χ1) is 17.4. The number of benzene rings is 1. The first kappa shape index (κ1) is 23.3. The van der Waals surface area contributed by atoms with Crippen molar-refractivity contribution in [2.45, 2.75) is 31.7 Å². The number of hydrogen-bond acceptors (Lipinski definition) is 7. The van der Waals surface area contributed by atoms with Crippen LogP contribution in [0.2, 0.25) is 0 Å². The Kier molecular flexibility index (Phi) is 5.89. The molecular weight excluding hydrogens is 476 g/mol. The molecule has 0 spiro atoms. The van der Waals surface area contributed by atoms with Crippen LogP contribution >= 0.6 is 0 Å². The number of H-pyrrole nitrogens is 1. The van der Waals surface area contributed by atoms with Gasteiger partial charge in [-0.05, 0) is 44.0 Å². The van der Waals surface area contributed by atoms with E-state index < -0.39 is 10.0 Å². The second-order valence-corrected chi connectivity index (χ2v) is 11.8. The molecule has 1 N–H and O–H groups in total. The normalized spacial score (nSPS) is 20.4. The standard InChI is InChI=1S/C26H30N6O3S/c1-17-16-35-15-14-32(17)26-24-23(29-25(30-26)20-4-3-5-22-19(20)8-11-27-22)7-6-21(28-24)18-9-12-31(13-10-18)36(2,33)34/h3-8,11,17-18,27H,9-10,12-16H2,1-2H3/t17-/m1/s1. The summed E-state index contributed by atoms with van der Waals surface area (Å²) in [5.41, 5.74) is 4.60. The number of anilines is 1. The molecule has 2 aliphatic heterocycles. The smallest absolute Gasteiger partial charge is 0.211 e. The number of piperidine rings is 1. The average Bonchev–Trinajstić information content (AvgIpc) is 3.37. The molecule has 4 aromatic rings. The molecule has 0 aliphatic carbocycles. The van der Waals surface area contributed by atoms with E-state index in [2.05, 4.69) is 28.9 Å². The summed E-state index contributed by atoms with van der Waals surface area (Å²) >= 11 is 0. The van der Waals surface area contributed by atoms with Crippen LogP contribution in [0.5, 0.6) is 0 Å². The lowest BCUT2D eigenvalue weighted by Crippen LogP contribution is -2.44. The van der Waals surface area contributed by atoms with Crippen molar-refractivity contribution in [3.8, 4) is 11.4 Å². The summed E-state index contributed by atoms with van der Waals surface area (Å²) in [4.78, 5) is 20.7. The van der Waals surface area contributed by atoms with Crippen LogP contribution in [-0.4, -0.2) is 77.8 Å². The Morgan fingerprint density at radius 1 is 1.03 bits per heavy atom. The van der Waals surface area contributed by atoms with E-state index in [1.165, 1.54) is 6.26 Å². The Morgan fingerprint density at radius 3 is 2.64 bits per heavy atom. The Balaban J connectivity index is 1.45. The van der Waals surface area contributed by atoms with Gasteiger partial charge < -0.3 is 14.6 Å². The van der Waals surface area contributed by atoms with Crippen LogP contribution in [0.15, 0.2) is 42.6 Å². The number of nitrogens with zero attached hydrogens (tertiary/aromatic N) is 5. The number of nitrogens with one attached hydrogen (secondary N) is 1. The lowest BCUT2D eigenvalue weighted by molar-refractivity contribution is 0.0987. The summed E-state index contributed by atoms with van der Waals surface area (Å²) in [5, 5.41) is 1.08. The van der Waals surface area contributed by atoms with E-state index in [1.54, 1.807) is 4.31 Å². The lowest BCUT2D eigenvalue weighted by atomic mass is 9.94. The molecule has 5 heterocycles. The van der Waals surface area contributed by atoms with Gasteiger partial charge in [0.25, 0.3) is 0 Å². The second kappa shape index (κ2) is 9.10. The Hall–Kier alpha value is -3.08. The highest BCUT2D eigenvalue weighted by molar-refractivity contribution is 7.88. The highest BCUT2D eigenvalue weighted by Gasteiger charge is 2.28. The first-order valence-electron chi connectivity index (χ1n) is 12.4. The molecule has 188 valence electrons. The second-order valence-electron chi connectivity index (χ2n) is 9.77. The molecule has 36 heavy (non-hydrogen) atoms. The van der Waals surface area contributed by atoms with Crippen LogP contribution in [0.25, 0.3) is 33.3 Å². The monoisotopic (exact) mass is 506 g/mol. The van der Waals surface area contributed by atoms with Gasteiger partial charge in [0.05, 0.1) is 31.0 Å². The molecule has 1 atom stereocenters. The third kappa shape index (κ3) is 4.23. The van der Waals surface area contributed by atoms with Gasteiger partial charge in [0.1, 0.15) is 5.52 Å². The average molecular weight is 507 g/mol. The number of pyridine rings is 1. The van der Waals surface area contributed by atoms with Crippen LogP contribution in [0.3, 0.4) is 0 Å². The minimum Gasteiger partial charge on any atom is -0.377 e. The largest absolute Gasteiger partial charge is 0.377 e. The highest BCUT2D eigenvalue weighted by Crippen LogP contribution is 2.34. The Morgan fingerprint density at radius 2 is 1.86 bits per heavy atom. The Bertz CT molecular complexity index is 1530. The van der Waals surface area contributed by atoms with E-state index in [1.807, 2.05) is 30.5 Å². The molecule has 0 amide bonds. The van der Waals surface area contributed by atoms with Gasteiger partial charge in [-0.25, -0.2) is 27.7 Å². The number of sulfonamides is 1. The molecule has 0 radical (unpaired) electrons. The van der Waals surface area contributed by atoms with Crippen molar-refractivity contribution in [1.82, 2.24) is 24.2 Å². The molecule has 0 saturated carbocycles. The topological polar surface area (TPSA) is 104 Å². The maximum Gasteiger partial charge on any atom is 0.211 e. The van der Waals surface area contributed by atoms with Gasteiger partial charge in [-0.3, -0.25) is 0 Å². The number of rotatable bonds is 4. The van der Waals surface area contributed by atoms with Gasteiger partial charge in [-0.1, -0.05) is 12.1 Å². The van der Waals surface area contributed by atoms with E-state index in [9.17, 15) is 8.42 Å². The van der Waals surface area contributed by atoms with Crippen molar-refractivity contribution >= 4 is 37.8 Å². The third-order valence-electron chi connectivity index (χ3n) is 7.36. The van der Waals surface area contributed by atoms with Crippen molar-refractivity contribution in [3.05, 3.63) is 48.3 Å². The fraction of sp³-hybridized carbons (Fsp3) is 0.423. The molecule has 0 unspecified atom stereocenters. The number of hydrogen-bond donors (Lipinski definition) is 1. The molecule has 1 aromatic carbocycles. The number of aromatic nitrogens is 4. The van der Waals surface area contributed by atoms with Crippen molar-refractivity contribution < 1.29 is 13.2 Å². The van der Waals surface area contributed by atoms with Crippen LogP contribution in [0.4, 0.5) is 5.82 Å². The van der Waals surface area contributed by atoms with Crippen LogP contribution < -0.4 is 4.90 Å². The fourth-order valence-electron chi connectivity index (χ4n) is 5.37. The molecule has 2 fully saturated rings. The quantitative estimate of drug-likeness (QED) is 0.451. The van der Waals surface area contributed by atoms with Gasteiger partial charge in [0.2, 0.25) is 10.0 Å². The number of aromatic amines is 1. The molecule has 6 rings (SSSR count). The summed E-state index contributed by atoms with van der Waals surface area (Å²) in [7, 11) is -3.16. The van der Waals surface area contributed by atoms with Crippen LogP contribution in [-0.2, 0) is 14.8 Å². The predicted molar refractivity (Wildman–Crippen MR) is 141 cm³/mol. The van der Waals surface area contributed by atoms with Crippen molar-refractivity contribution in [3.63, 3.8) is 0 Å². The first-order valence-corrected chi connectivity index (χ1v) is 14.3.